The zero-order valence-electron chi connectivity index (χ0n) is 18.5. The lowest BCUT2D eigenvalue weighted by Gasteiger charge is -2.13. The Labute approximate surface area is 169 Å². The lowest BCUT2D eigenvalue weighted by atomic mass is 10.1. The summed E-state index contributed by atoms with van der Waals surface area (Å²) in [4.78, 5) is 11.7. The van der Waals surface area contributed by atoms with Gasteiger partial charge in [0.1, 0.15) is 6.04 Å². The number of carbonyl (C=O) groups excluding carboxylic acids is 1. The van der Waals surface area contributed by atoms with E-state index in [-0.39, 0.29) is 5.97 Å². The van der Waals surface area contributed by atoms with Crippen LogP contribution in [-0.4, -0.2) is 18.6 Å². The lowest BCUT2D eigenvalue weighted by Crippen LogP contribution is -2.33. The highest BCUT2D eigenvalue weighted by molar-refractivity contribution is 5.75. The van der Waals surface area contributed by atoms with Crippen LogP contribution in [-0.2, 0) is 9.53 Å². The van der Waals surface area contributed by atoms with Crippen LogP contribution in [0.15, 0.2) is 12.2 Å². The molecule has 0 rings (SSSR count). The van der Waals surface area contributed by atoms with E-state index in [2.05, 4.69) is 32.9 Å². The Hall–Kier alpha value is -0.830. The summed E-state index contributed by atoms with van der Waals surface area (Å²) in [6.07, 6.45) is 23.4. The molecule has 3 nitrogen and oxygen atoms in total. The third-order valence-electron chi connectivity index (χ3n) is 4.93. The third-order valence-corrected chi connectivity index (χ3v) is 4.93. The van der Waals surface area contributed by atoms with Crippen LogP contribution in [0.5, 0.6) is 0 Å². The summed E-state index contributed by atoms with van der Waals surface area (Å²) in [5, 5.41) is 0. The van der Waals surface area contributed by atoms with Gasteiger partial charge >= 0.3 is 5.97 Å². The zero-order valence-corrected chi connectivity index (χ0v) is 18.5. The van der Waals surface area contributed by atoms with E-state index in [1.165, 1.54) is 77.0 Å². The maximum atomic E-state index is 11.7. The van der Waals surface area contributed by atoms with Gasteiger partial charge in [-0.1, -0.05) is 90.7 Å². The van der Waals surface area contributed by atoms with Crippen molar-refractivity contribution in [1.29, 1.82) is 0 Å². The van der Waals surface area contributed by atoms with Crippen molar-refractivity contribution in [3.05, 3.63) is 12.2 Å². The average molecular weight is 382 g/mol. The number of hydrogen-bond acceptors (Lipinski definition) is 3. The van der Waals surface area contributed by atoms with E-state index in [0.29, 0.717) is 18.9 Å². The number of unbranched alkanes of at least 4 members (excludes halogenated alkanes) is 12. The minimum absolute atomic E-state index is 0.239. The summed E-state index contributed by atoms with van der Waals surface area (Å²) in [5.41, 5.74) is 5.81. The molecule has 0 radical (unpaired) electrons. The molecule has 0 heterocycles. The van der Waals surface area contributed by atoms with Crippen LogP contribution in [0.3, 0.4) is 0 Å². The van der Waals surface area contributed by atoms with Gasteiger partial charge in [0, 0.05) is 0 Å². The van der Waals surface area contributed by atoms with Crippen molar-refractivity contribution in [2.45, 2.75) is 123 Å². The number of allylic oxidation sites excluding steroid dienone is 2. The molecule has 0 bridgehead atoms. The van der Waals surface area contributed by atoms with Gasteiger partial charge in [-0.05, 0) is 44.4 Å². The molecule has 0 aromatic heterocycles. The van der Waals surface area contributed by atoms with Gasteiger partial charge in [-0.15, -0.1) is 0 Å². The maximum Gasteiger partial charge on any atom is 0.322 e. The molecule has 0 spiro atoms. The molecule has 0 amide bonds. The van der Waals surface area contributed by atoms with Gasteiger partial charge in [0.25, 0.3) is 0 Å². The first-order valence-corrected chi connectivity index (χ1v) is 11.6. The number of carbonyl (C=O) groups is 1. The fourth-order valence-electron chi connectivity index (χ4n) is 3.23. The number of esters is 1. The number of nitrogens with two attached hydrogens (primary N) is 1. The van der Waals surface area contributed by atoms with Gasteiger partial charge in [-0.3, -0.25) is 4.79 Å². The summed E-state index contributed by atoms with van der Waals surface area (Å²) in [6.45, 7) is 6.92. The van der Waals surface area contributed by atoms with Crippen molar-refractivity contribution in [3.8, 4) is 0 Å². The number of hydrogen-bond donors (Lipinski definition) is 1. The first kappa shape index (κ1) is 26.2. The molecule has 0 aromatic rings. The van der Waals surface area contributed by atoms with E-state index in [4.69, 9.17) is 10.5 Å². The zero-order chi connectivity index (χ0) is 20.2. The fraction of sp³-hybridized carbons (Fsp3) is 0.875. The average Bonchev–Trinajstić information content (AvgIpc) is 2.63. The summed E-state index contributed by atoms with van der Waals surface area (Å²) in [5.74, 6) is 0.189. The monoisotopic (exact) mass is 381 g/mol. The third kappa shape index (κ3) is 19.7. The fourth-order valence-corrected chi connectivity index (χ4v) is 3.23. The van der Waals surface area contributed by atoms with Crippen LogP contribution in [0.1, 0.15) is 117 Å². The largest absolute Gasteiger partial charge is 0.465 e. The quantitative estimate of drug-likeness (QED) is 0.150. The standard InChI is InChI=1S/C24H47NO2/c1-4-5-6-7-8-9-10-11-12-13-14-15-16-17-18-19-20-27-24(26)23(25)21-22(2)3/h11-12,22-23H,4-10,13-21,25H2,1-3H3/b12-11-/t23-/m0/s1. The molecular formula is C24H47NO2. The number of rotatable bonds is 19. The normalized spacial score (nSPS) is 12.8. The van der Waals surface area contributed by atoms with Crippen LogP contribution < -0.4 is 5.73 Å². The van der Waals surface area contributed by atoms with Gasteiger partial charge in [-0.2, -0.15) is 0 Å². The van der Waals surface area contributed by atoms with Crippen molar-refractivity contribution in [1.82, 2.24) is 0 Å². The predicted molar refractivity (Wildman–Crippen MR) is 118 cm³/mol. The molecule has 0 aliphatic heterocycles. The second-order valence-electron chi connectivity index (χ2n) is 8.34. The van der Waals surface area contributed by atoms with Gasteiger partial charge in [-0.25, -0.2) is 0 Å². The summed E-state index contributed by atoms with van der Waals surface area (Å²) in [7, 11) is 0. The molecule has 0 aromatic carbocycles. The SMILES string of the molecule is CCCCCCCC/C=C\CCCCCCCCOC(=O)[C@@H](N)CC(C)C. The molecule has 0 saturated carbocycles. The van der Waals surface area contributed by atoms with E-state index in [0.717, 1.165) is 12.8 Å². The van der Waals surface area contributed by atoms with Crippen LogP contribution in [0, 0.1) is 5.92 Å². The van der Waals surface area contributed by atoms with Gasteiger partial charge in [0.15, 0.2) is 0 Å². The Morgan fingerprint density at radius 1 is 0.815 bits per heavy atom. The van der Waals surface area contributed by atoms with Gasteiger partial charge in [0.2, 0.25) is 0 Å². The number of ether oxygens (including phenoxy) is 1. The highest BCUT2D eigenvalue weighted by Crippen LogP contribution is 2.10. The topological polar surface area (TPSA) is 52.3 Å². The molecular weight excluding hydrogens is 334 g/mol. The molecule has 2 N–H and O–H groups in total. The lowest BCUT2D eigenvalue weighted by molar-refractivity contribution is -0.145. The van der Waals surface area contributed by atoms with Crippen molar-refractivity contribution < 1.29 is 9.53 Å². The molecule has 0 unspecified atom stereocenters. The molecule has 1 atom stereocenters. The molecule has 0 aliphatic carbocycles. The highest BCUT2D eigenvalue weighted by Gasteiger charge is 2.15. The van der Waals surface area contributed by atoms with Crippen molar-refractivity contribution in [3.63, 3.8) is 0 Å². The summed E-state index contributed by atoms with van der Waals surface area (Å²) in [6, 6.07) is -0.459. The minimum atomic E-state index is -0.459. The van der Waals surface area contributed by atoms with Gasteiger partial charge < -0.3 is 10.5 Å². The van der Waals surface area contributed by atoms with Crippen molar-refractivity contribution in [2.24, 2.45) is 11.7 Å². The molecule has 0 fully saturated rings. The van der Waals surface area contributed by atoms with E-state index >= 15 is 0 Å². The highest BCUT2D eigenvalue weighted by atomic mass is 16.5. The van der Waals surface area contributed by atoms with Crippen molar-refractivity contribution >= 4 is 5.97 Å². The maximum absolute atomic E-state index is 11.7. The minimum Gasteiger partial charge on any atom is -0.465 e. The van der Waals surface area contributed by atoms with Crippen LogP contribution >= 0.6 is 0 Å². The summed E-state index contributed by atoms with van der Waals surface area (Å²) >= 11 is 0. The summed E-state index contributed by atoms with van der Waals surface area (Å²) < 4.78 is 5.25. The van der Waals surface area contributed by atoms with E-state index in [9.17, 15) is 4.79 Å². The molecule has 160 valence electrons. The van der Waals surface area contributed by atoms with Gasteiger partial charge in [0.05, 0.1) is 6.61 Å². The Kier molecular flexibility index (Phi) is 19.3. The van der Waals surface area contributed by atoms with E-state index < -0.39 is 6.04 Å². The predicted octanol–water partition coefficient (Wildman–Crippen LogP) is 6.94. The van der Waals surface area contributed by atoms with Crippen LogP contribution in [0.2, 0.25) is 0 Å². The smallest absolute Gasteiger partial charge is 0.322 e. The Bertz CT molecular complexity index is 352. The van der Waals surface area contributed by atoms with E-state index in [1.54, 1.807) is 0 Å². The molecule has 0 saturated heterocycles. The molecule has 27 heavy (non-hydrogen) atoms. The first-order valence-electron chi connectivity index (χ1n) is 11.6. The Balaban J connectivity index is 3.27. The van der Waals surface area contributed by atoms with Crippen LogP contribution in [0.4, 0.5) is 0 Å². The Morgan fingerprint density at radius 2 is 1.30 bits per heavy atom. The Morgan fingerprint density at radius 3 is 1.81 bits per heavy atom. The van der Waals surface area contributed by atoms with Crippen molar-refractivity contribution in [2.75, 3.05) is 6.61 Å². The second kappa shape index (κ2) is 19.9. The second-order valence-corrected chi connectivity index (χ2v) is 8.34. The molecule has 0 aliphatic rings. The van der Waals surface area contributed by atoms with E-state index in [1.807, 2.05) is 0 Å². The van der Waals surface area contributed by atoms with Crippen LogP contribution in [0.25, 0.3) is 0 Å². The first-order chi connectivity index (χ1) is 13.1. The molecule has 3 heteroatoms.